The molecule has 4 aliphatic carbocycles. The molecule has 0 aliphatic heterocycles. The number of hydrogen-bond donors (Lipinski definition) is 0. The lowest BCUT2D eigenvalue weighted by atomic mass is 9.69. The van der Waals surface area contributed by atoms with E-state index < -0.39 is 0 Å². The van der Waals surface area contributed by atoms with Gasteiger partial charge in [-0.15, -0.1) is 0 Å². The van der Waals surface area contributed by atoms with Gasteiger partial charge in [-0.05, 0) is 184 Å². The van der Waals surface area contributed by atoms with Crippen molar-refractivity contribution < 1.29 is 0 Å². The maximum atomic E-state index is 5.77. The van der Waals surface area contributed by atoms with Gasteiger partial charge in [0.2, 0.25) is 0 Å². The third-order valence-corrected chi connectivity index (χ3v) is 15.2. The van der Waals surface area contributed by atoms with Crippen molar-refractivity contribution in [2.75, 3.05) is 4.90 Å². The molecule has 346 valence electrons. The number of benzene rings is 7. The highest BCUT2D eigenvalue weighted by atomic mass is 15.1. The molecule has 7 aromatic rings. The molecule has 0 N–H and O–H groups in total. The Labute approximate surface area is 421 Å². The van der Waals surface area contributed by atoms with Crippen LogP contribution in [0.3, 0.4) is 0 Å². The first-order valence-corrected chi connectivity index (χ1v) is 25.4. The van der Waals surface area contributed by atoms with E-state index in [1.807, 2.05) is 6.08 Å². The lowest BCUT2D eigenvalue weighted by molar-refractivity contribution is 0.780. The Bertz CT molecular complexity index is 3510. The number of hydrogen-bond acceptors (Lipinski definition) is 2. The summed E-state index contributed by atoms with van der Waals surface area (Å²) in [7, 11) is 0. The van der Waals surface area contributed by atoms with Crippen molar-refractivity contribution >= 4 is 39.5 Å². The van der Waals surface area contributed by atoms with Crippen LogP contribution < -0.4 is 4.90 Å². The molecular weight excluding hydrogens is 857 g/mol. The summed E-state index contributed by atoms with van der Waals surface area (Å²) < 4.78 is 0. The van der Waals surface area contributed by atoms with E-state index in [1.165, 1.54) is 72.4 Å². The summed E-state index contributed by atoms with van der Waals surface area (Å²) in [5.74, 6) is 0. The minimum absolute atomic E-state index is 0.348. The Morgan fingerprint density at radius 1 is 0.620 bits per heavy atom. The quantitative estimate of drug-likeness (QED) is 0.0881. The predicted octanol–water partition coefficient (Wildman–Crippen LogP) is 18.6. The normalized spacial score (nSPS) is 17.0. The zero-order valence-corrected chi connectivity index (χ0v) is 41.5. The van der Waals surface area contributed by atoms with Crippen LogP contribution >= 0.6 is 0 Å². The van der Waals surface area contributed by atoms with Gasteiger partial charge >= 0.3 is 0 Å². The van der Waals surface area contributed by atoms with E-state index in [4.69, 9.17) is 11.6 Å². The first-order chi connectivity index (χ1) is 34.8. The molecule has 1 unspecified atom stereocenters. The number of anilines is 3. The minimum Gasteiger partial charge on any atom is -0.310 e. The highest BCUT2D eigenvalue weighted by molar-refractivity contribution is 6.32. The van der Waals surface area contributed by atoms with Gasteiger partial charge < -0.3 is 4.90 Å². The van der Waals surface area contributed by atoms with Crippen LogP contribution in [0.1, 0.15) is 90.5 Å². The van der Waals surface area contributed by atoms with Gasteiger partial charge in [0.25, 0.3) is 0 Å². The Hall–Kier alpha value is -8.07. The Morgan fingerprint density at radius 3 is 1.99 bits per heavy atom. The van der Waals surface area contributed by atoms with Crippen LogP contribution in [-0.4, -0.2) is 5.71 Å². The second-order valence-electron chi connectivity index (χ2n) is 19.3. The summed E-state index contributed by atoms with van der Waals surface area (Å²) in [4.78, 5) is 8.11. The summed E-state index contributed by atoms with van der Waals surface area (Å²) in [6.45, 7) is 17.9. The standard InChI is InChI=1S/C69H60N2/c1-7-23-57(52-39-43-66-62(44-52)60-32-19-22-35-65(60)69(66)63-33-20-17-30-58(63)59-31-18-21-34-64(59)69)67(46(3)8-2)70-68(51-25-11-9-12-26-51)49(6)50-37-41-54(42-38-50)71(53-27-13-10-14-28-53)55-40-36-48(5)61(45-55)56-29-16-15-24-47(56)4/h8-11,13-17,19-25,27-30,32-45H,2,6-7,12,18,26,31H2,1,3-5H3/b57-23-,67-46+,70-68?. The smallest absolute Gasteiger partial charge is 0.0741 e. The fourth-order valence-corrected chi connectivity index (χ4v) is 11.7. The summed E-state index contributed by atoms with van der Waals surface area (Å²) in [6, 6.07) is 60.4. The highest BCUT2D eigenvalue weighted by Gasteiger charge is 2.52. The van der Waals surface area contributed by atoms with Crippen molar-refractivity contribution in [1.82, 2.24) is 0 Å². The number of rotatable bonds is 12. The highest BCUT2D eigenvalue weighted by Crippen LogP contribution is 2.63. The topological polar surface area (TPSA) is 15.6 Å². The first-order valence-electron chi connectivity index (χ1n) is 25.4. The average Bonchev–Trinajstić information content (AvgIpc) is 3.89. The molecule has 0 fully saturated rings. The van der Waals surface area contributed by atoms with Gasteiger partial charge in [0.1, 0.15) is 0 Å². The molecule has 7 aromatic carbocycles. The number of allylic oxidation sites excluding steroid dienone is 13. The summed E-state index contributed by atoms with van der Waals surface area (Å²) in [5.41, 5.74) is 27.1. The van der Waals surface area contributed by atoms with Crippen LogP contribution in [0.25, 0.3) is 39.0 Å². The number of para-hydroxylation sites is 1. The molecule has 11 rings (SSSR count). The van der Waals surface area contributed by atoms with Gasteiger partial charge in [0.15, 0.2) is 0 Å². The molecule has 0 amide bonds. The minimum atomic E-state index is -0.348. The lowest BCUT2D eigenvalue weighted by Crippen LogP contribution is -2.27. The number of nitrogens with zero attached hydrogens (tertiary/aromatic N) is 2. The van der Waals surface area contributed by atoms with Crippen molar-refractivity contribution in [2.45, 2.75) is 65.2 Å². The predicted molar refractivity (Wildman–Crippen MR) is 304 cm³/mol. The van der Waals surface area contributed by atoms with Gasteiger partial charge in [-0.3, -0.25) is 0 Å². The summed E-state index contributed by atoms with van der Waals surface area (Å²) in [6.07, 6.45) is 20.5. The van der Waals surface area contributed by atoms with Crippen LogP contribution in [0.4, 0.5) is 17.1 Å². The Morgan fingerprint density at radius 2 is 1.25 bits per heavy atom. The van der Waals surface area contributed by atoms with Gasteiger partial charge in [-0.2, -0.15) is 0 Å². The molecule has 2 heteroatoms. The van der Waals surface area contributed by atoms with Crippen LogP contribution in [0, 0.1) is 13.8 Å². The van der Waals surface area contributed by atoms with Crippen molar-refractivity contribution in [1.29, 1.82) is 0 Å². The molecule has 0 saturated heterocycles. The van der Waals surface area contributed by atoms with Crippen LogP contribution in [0.2, 0.25) is 0 Å². The van der Waals surface area contributed by atoms with E-state index in [2.05, 4.69) is 239 Å². The Kier molecular flexibility index (Phi) is 12.2. The number of aliphatic imine (C=N–C) groups is 1. The fourth-order valence-electron chi connectivity index (χ4n) is 11.7. The van der Waals surface area contributed by atoms with Gasteiger partial charge in [0, 0.05) is 28.2 Å². The van der Waals surface area contributed by atoms with E-state index in [1.54, 1.807) is 0 Å². The fraction of sp³-hybridized carbons (Fsp3) is 0.145. The zero-order valence-electron chi connectivity index (χ0n) is 41.5. The van der Waals surface area contributed by atoms with E-state index in [0.29, 0.717) is 0 Å². The van der Waals surface area contributed by atoms with E-state index in [-0.39, 0.29) is 5.41 Å². The first kappa shape index (κ1) is 45.4. The maximum Gasteiger partial charge on any atom is 0.0741 e. The maximum absolute atomic E-state index is 5.77. The molecule has 0 aromatic heterocycles. The monoisotopic (exact) mass is 916 g/mol. The number of aryl methyl sites for hydroxylation is 2. The molecule has 0 heterocycles. The van der Waals surface area contributed by atoms with Crippen LogP contribution in [-0.2, 0) is 5.41 Å². The Balaban J connectivity index is 1.00. The zero-order chi connectivity index (χ0) is 48.6. The molecule has 1 spiro atoms. The second kappa shape index (κ2) is 19.0. The van der Waals surface area contributed by atoms with Crippen LogP contribution in [0.15, 0.2) is 247 Å². The summed E-state index contributed by atoms with van der Waals surface area (Å²) in [5, 5.41) is 0. The second-order valence-corrected chi connectivity index (χ2v) is 19.3. The van der Waals surface area contributed by atoms with Crippen molar-refractivity contribution in [3.63, 3.8) is 0 Å². The molecule has 0 saturated carbocycles. The van der Waals surface area contributed by atoms with Gasteiger partial charge in [-0.25, -0.2) is 4.99 Å². The van der Waals surface area contributed by atoms with Crippen LogP contribution in [0.5, 0.6) is 0 Å². The molecule has 2 nitrogen and oxygen atoms in total. The van der Waals surface area contributed by atoms with E-state index >= 15 is 0 Å². The average molecular weight is 917 g/mol. The van der Waals surface area contributed by atoms with Gasteiger partial charge in [0.05, 0.1) is 16.8 Å². The molecule has 71 heavy (non-hydrogen) atoms. The summed E-state index contributed by atoms with van der Waals surface area (Å²) >= 11 is 0. The molecule has 0 radical (unpaired) electrons. The SMILES string of the molecule is C=C/C(C)=C(N=C(C(=C)c1ccc(N(c2ccccc2)c2ccc(C)c(-c3ccccc3C)c2)cc1)C1=CC=CCC1)\C(=C/CC)c1ccc2c(c1)-c1ccccc1C21C2=C(CCC=C2)c2ccccc21. The van der Waals surface area contributed by atoms with Crippen molar-refractivity contribution in [3.8, 4) is 22.3 Å². The molecule has 0 bridgehead atoms. The van der Waals surface area contributed by atoms with Gasteiger partial charge in [-0.1, -0.05) is 184 Å². The molecular formula is C69H60N2. The van der Waals surface area contributed by atoms with E-state index in [9.17, 15) is 0 Å². The number of fused-ring (bicyclic) bond motifs is 9. The van der Waals surface area contributed by atoms with Crippen molar-refractivity contribution in [2.24, 2.45) is 4.99 Å². The van der Waals surface area contributed by atoms with E-state index in [0.717, 1.165) is 88.4 Å². The van der Waals surface area contributed by atoms with Crippen molar-refractivity contribution in [3.05, 3.63) is 286 Å². The molecule has 1 atom stereocenters. The lowest BCUT2D eigenvalue weighted by Gasteiger charge is -2.32. The molecule has 4 aliphatic rings. The largest absolute Gasteiger partial charge is 0.310 e. The third kappa shape index (κ3) is 7.79. The third-order valence-electron chi connectivity index (χ3n) is 15.2.